The number of nitrogens with zero attached hydrogens (tertiary/aromatic N) is 1. The first-order valence-electron chi connectivity index (χ1n) is 8.13. The highest BCUT2D eigenvalue weighted by molar-refractivity contribution is 7.99. The molecule has 12 heteroatoms. The van der Waals surface area contributed by atoms with Gasteiger partial charge >= 0.3 is 12.1 Å². The molecule has 2 aromatic rings. The average molecular weight is 446 g/mol. The summed E-state index contributed by atoms with van der Waals surface area (Å²) >= 11 is 1.04. The summed E-state index contributed by atoms with van der Waals surface area (Å²) in [6, 6.07) is 8.78. The number of non-ortho nitro benzene ring substituents is 1. The highest BCUT2D eigenvalue weighted by Crippen LogP contribution is 2.36. The molecule has 0 heterocycles. The summed E-state index contributed by atoms with van der Waals surface area (Å²) in [4.78, 5) is 34.0. The van der Waals surface area contributed by atoms with E-state index in [-0.39, 0.29) is 5.69 Å². The second kappa shape index (κ2) is 8.69. The minimum atomic E-state index is -5.23. The summed E-state index contributed by atoms with van der Waals surface area (Å²) in [6.45, 7) is 1.07. The van der Waals surface area contributed by atoms with Crippen molar-refractivity contribution in [2.24, 2.45) is 0 Å². The van der Waals surface area contributed by atoms with E-state index in [0.29, 0.717) is 23.6 Å². The Bertz CT molecular complexity index is 982. The highest BCUT2D eigenvalue weighted by Gasteiger charge is 2.60. The van der Waals surface area contributed by atoms with E-state index in [1.54, 1.807) is 5.32 Å². The fourth-order valence-electron chi connectivity index (χ4n) is 2.19. The van der Waals surface area contributed by atoms with E-state index >= 15 is 0 Å². The number of ether oxygens (including phenoxy) is 1. The molecule has 0 unspecified atom stereocenters. The molecule has 0 fully saturated rings. The lowest BCUT2D eigenvalue weighted by Crippen LogP contribution is -2.55. The standard InChI is InChI=1S/C18H14F4N2O5S/c1-10(25)29-17(2,18(20,21)22)16(26)23-15-8-7-13(9-14(15)19)30-12-5-3-11(4-6-12)24(27)28/h3-9H,1-2H3,(H,23,26)/t17-/m1/s1. The molecule has 0 saturated carbocycles. The summed E-state index contributed by atoms with van der Waals surface area (Å²) < 4.78 is 58.2. The number of alkyl halides is 3. The zero-order chi connectivity index (χ0) is 22.7. The average Bonchev–Trinajstić information content (AvgIpc) is 2.62. The van der Waals surface area contributed by atoms with Crippen LogP contribution in [0.3, 0.4) is 0 Å². The molecule has 2 aromatic carbocycles. The van der Waals surface area contributed by atoms with Crippen molar-refractivity contribution in [2.75, 3.05) is 5.32 Å². The number of nitro groups is 1. The van der Waals surface area contributed by atoms with Crippen LogP contribution in [0.15, 0.2) is 52.3 Å². The lowest BCUT2D eigenvalue weighted by Gasteiger charge is -2.29. The monoisotopic (exact) mass is 446 g/mol. The Hall–Kier alpha value is -3.15. The van der Waals surface area contributed by atoms with E-state index in [4.69, 9.17) is 0 Å². The SMILES string of the molecule is CC(=O)O[C@](C)(C(=O)Nc1ccc(Sc2ccc([N+](=O)[O-])cc2)cc1F)C(F)(F)F. The van der Waals surface area contributed by atoms with Crippen LogP contribution in [0.1, 0.15) is 13.8 Å². The molecule has 0 radical (unpaired) electrons. The number of amides is 1. The van der Waals surface area contributed by atoms with Crippen molar-refractivity contribution in [1.29, 1.82) is 0 Å². The third kappa shape index (κ3) is 5.26. The summed E-state index contributed by atoms with van der Waals surface area (Å²) in [6.07, 6.45) is -5.23. The molecule has 0 saturated heterocycles. The third-order valence-corrected chi connectivity index (χ3v) is 4.79. The summed E-state index contributed by atoms with van der Waals surface area (Å²) in [5.74, 6) is -4.12. The quantitative estimate of drug-likeness (QED) is 0.299. The minimum absolute atomic E-state index is 0.121. The van der Waals surface area contributed by atoms with Crippen molar-refractivity contribution < 1.29 is 36.8 Å². The van der Waals surface area contributed by atoms with Gasteiger partial charge in [0.1, 0.15) is 5.82 Å². The van der Waals surface area contributed by atoms with E-state index in [1.807, 2.05) is 0 Å². The van der Waals surface area contributed by atoms with Gasteiger partial charge in [-0.3, -0.25) is 19.7 Å². The molecule has 160 valence electrons. The number of nitro benzene ring substituents is 1. The van der Waals surface area contributed by atoms with Gasteiger partial charge in [-0.25, -0.2) is 4.39 Å². The molecule has 30 heavy (non-hydrogen) atoms. The normalized spacial score (nSPS) is 13.3. The van der Waals surface area contributed by atoms with Gasteiger partial charge in [0.2, 0.25) is 0 Å². The van der Waals surface area contributed by atoms with E-state index in [2.05, 4.69) is 4.74 Å². The smallest absolute Gasteiger partial charge is 0.437 e. The lowest BCUT2D eigenvalue weighted by atomic mass is 10.0. The molecule has 0 bridgehead atoms. The van der Waals surface area contributed by atoms with Crippen LogP contribution in [-0.2, 0) is 14.3 Å². The number of anilines is 1. The Balaban J connectivity index is 2.19. The molecule has 7 nitrogen and oxygen atoms in total. The van der Waals surface area contributed by atoms with Gasteiger partial charge in [0.15, 0.2) is 0 Å². The van der Waals surface area contributed by atoms with Crippen molar-refractivity contribution in [2.45, 2.75) is 35.4 Å². The molecule has 1 N–H and O–H groups in total. The second-order valence-corrected chi connectivity index (χ2v) is 7.22. The number of carbonyl (C=O) groups is 2. The van der Waals surface area contributed by atoms with Crippen molar-refractivity contribution in [1.82, 2.24) is 0 Å². The fraction of sp³-hybridized carbons (Fsp3) is 0.222. The van der Waals surface area contributed by atoms with Crippen LogP contribution >= 0.6 is 11.8 Å². The van der Waals surface area contributed by atoms with Gasteiger partial charge in [0.25, 0.3) is 17.2 Å². The van der Waals surface area contributed by atoms with E-state index in [0.717, 1.165) is 23.9 Å². The lowest BCUT2D eigenvalue weighted by molar-refractivity contribution is -0.384. The second-order valence-electron chi connectivity index (χ2n) is 6.07. The predicted octanol–water partition coefficient (Wildman–Crippen LogP) is 4.71. The highest BCUT2D eigenvalue weighted by atomic mass is 32.2. The number of esters is 1. The largest absolute Gasteiger partial charge is 0.439 e. The number of carbonyl (C=O) groups excluding carboxylic acids is 2. The molecular weight excluding hydrogens is 432 g/mol. The molecule has 1 atom stereocenters. The Morgan fingerprint density at radius 2 is 1.67 bits per heavy atom. The van der Waals surface area contributed by atoms with Gasteiger partial charge in [-0.2, -0.15) is 13.2 Å². The zero-order valence-corrected chi connectivity index (χ0v) is 16.3. The number of hydrogen-bond donors (Lipinski definition) is 1. The Labute approximate surface area is 171 Å². The van der Waals surface area contributed by atoms with Crippen LogP contribution in [0.2, 0.25) is 0 Å². The third-order valence-electron chi connectivity index (χ3n) is 3.79. The van der Waals surface area contributed by atoms with E-state index in [9.17, 15) is 37.3 Å². The molecule has 1 amide bonds. The first-order chi connectivity index (χ1) is 13.8. The van der Waals surface area contributed by atoms with Crippen molar-refractivity contribution in [3.05, 3.63) is 58.4 Å². The van der Waals surface area contributed by atoms with Gasteiger partial charge in [-0.15, -0.1) is 0 Å². The number of nitrogens with one attached hydrogen (secondary N) is 1. The van der Waals surface area contributed by atoms with Crippen molar-refractivity contribution >= 4 is 35.0 Å². The van der Waals surface area contributed by atoms with E-state index in [1.165, 1.54) is 30.3 Å². The number of rotatable bonds is 6. The van der Waals surface area contributed by atoms with Crippen LogP contribution in [-0.4, -0.2) is 28.6 Å². The number of hydrogen-bond acceptors (Lipinski definition) is 6. The van der Waals surface area contributed by atoms with Crippen LogP contribution in [0.4, 0.5) is 28.9 Å². The Morgan fingerprint density at radius 1 is 1.10 bits per heavy atom. The van der Waals surface area contributed by atoms with E-state index < -0.39 is 40.1 Å². The number of benzene rings is 2. The van der Waals surface area contributed by atoms with Crippen LogP contribution in [0.25, 0.3) is 0 Å². The van der Waals surface area contributed by atoms with Crippen molar-refractivity contribution in [3.63, 3.8) is 0 Å². The molecule has 0 aliphatic carbocycles. The maximum atomic E-state index is 14.3. The zero-order valence-electron chi connectivity index (χ0n) is 15.5. The van der Waals surface area contributed by atoms with Crippen LogP contribution in [0.5, 0.6) is 0 Å². The molecule has 0 spiro atoms. The number of halogens is 4. The van der Waals surface area contributed by atoms with Gasteiger partial charge in [0, 0.05) is 28.8 Å². The molecular formula is C18H14F4N2O5S. The predicted molar refractivity (Wildman–Crippen MR) is 98.5 cm³/mol. The first kappa shape index (κ1) is 23.1. The Morgan fingerprint density at radius 3 is 2.13 bits per heavy atom. The van der Waals surface area contributed by atoms with Crippen molar-refractivity contribution in [3.8, 4) is 0 Å². The molecule has 0 aliphatic rings. The summed E-state index contributed by atoms with van der Waals surface area (Å²) in [7, 11) is 0. The molecule has 0 aromatic heterocycles. The van der Waals surface area contributed by atoms with Crippen LogP contribution < -0.4 is 5.32 Å². The maximum absolute atomic E-state index is 14.3. The molecule has 2 rings (SSSR count). The molecule has 0 aliphatic heterocycles. The van der Waals surface area contributed by atoms with Gasteiger partial charge < -0.3 is 10.1 Å². The maximum Gasteiger partial charge on any atom is 0.437 e. The minimum Gasteiger partial charge on any atom is -0.439 e. The van der Waals surface area contributed by atoms with Gasteiger partial charge in [0.05, 0.1) is 10.6 Å². The first-order valence-corrected chi connectivity index (χ1v) is 8.95. The Kier molecular flexibility index (Phi) is 6.70. The van der Waals surface area contributed by atoms with Crippen LogP contribution in [0, 0.1) is 15.9 Å². The van der Waals surface area contributed by atoms with Gasteiger partial charge in [-0.1, -0.05) is 11.8 Å². The topological polar surface area (TPSA) is 98.5 Å². The fourth-order valence-corrected chi connectivity index (χ4v) is 3.04. The summed E-state index contributed by atoms with van der Waals surface area (Å²) in [5.41, 5.74) is -4.17. The summed E-state index contributed by atoms with van der Waals surface area (Å²) in [5, 5.41) is 12.4. The van der Waals surface area contributed by atoms with Gasteiger partial charge in [-0.05, 0) is 37.3 Å².